The number of para-hydroxylation sites is 4. The Labute approximate surface area is 212 Å². The fourth-order valence-corrected chi connectivity index (χ4v) is 5.47. The highest BCUT2D eigenvalue weighted by Crippen LogP contribution is 2.52. The molecule has 0 N–H and O–H groups in total. The molecular weight excluding hydrogens is 554 g/mol. The molecule has 34 heavy (non-hydrogen) atoms. The van der Waals surface area contributed by atoms with Crippen molar-refractivity contribution < 1.29 is 4.74 Å². The molecule has 0 spiro atoms. The quantitative estimate of drug-likeness (QED) is 0.146. The van der Waals surface area contributed by atoms with Crippen LogP contribution in [0.5, 0.6) is 11.5 Å². The van der Waals surface area contributed by atoms with Crippen LogP contribution in [0.15, 0.2) is 99.9 Å². The summed E-state index contributed by atoms with van der Waals surface area (Å²) < 4.78 is 8.07. The van der Waals surface area contributed by atoms with Crippen molar-refractivity contribution in [3.05, 3.63) is 99.9 Å². The number of hydrogen-bond donors (Lipinski definition) is 0. The van der Waals surface area contributed by atoms with Crippen molar-refractivity contribution in [3.63, 3.8) is 0 Å². The summed E-state index contributed by atoms with van der Waals surface area (Å²) in [5.74, 6) is 1.64. The number of benzene rings is 5. The van der Waals surface area contributed by atoms with Gasteiger partial charge < -0.3 is 9.64 Å². The number of hydrogen-bond acceptors (Lipinski definition) is 4. The van der Waals surface area contributed by atoms with Crippen molar-refractivity contribution in [2.24, 2.45) is 0 Å². The van der Waals surface area contributed by atoms with Crippen LogP contribution >= 0.6 is 31.9 Å². The molecule has 0 radical (unpaired) electrons. The summed E-state index contributed by atoms with van der Waals surface area (Å²) in [7, 11) is 0. The van der Waals surface area contributed by atoms with Gasteiger partial charge in [-0.1, -0.05) is 48.5 Å². The molecule has 7 rings (SSSR count). The molecule has 0 bridgehead atoms. The lowest BCUT2D eigenvalue weighted by Crippen LogP contribution is -2.16. The lowest BCUT2D eigenvalue weighted by atomic mass is 10.0. The zero-order valence-electron chi connectivity index (χ0n) is 17.7. The third-order valence-corrected chi connectivity index (χ3v) is 7.44. The highest BCUT2D eigenvalue weighted by Gasteiger charge is 2.27. The van der Waals surface area contributed by atoms with E-state index in [-0.39, 0.29) is 0 Å². The zero-order valence-corrected chi connectivity index (χ0v) is 20.8. The molecule has 0 aliphatic carbocycles. The van der Waals surface area contributed by atoms with Crippen molar-refractivity contribution in [1.29, 1.82) is 0 Å². The lowest BCUT2D eigenvalue weighted by Gasteiger charge is -2.33. The van der Waals surface area contributed by atoms with Crippen LogP contribution in [0, 0.1) is 0 Å². The predicted octanol–water partition coefficient (Wildman–Crippen LogP) is 9.04. The van der Waals surface area contributed by atoms with Crippen LogP contribution in [0.2, 0.25) is 0 Å². The van der Waals surface area contributed by atoms with E-state index in [0.717, 1.165) is 70.3 Å². The van der Waals surface area contributed by atoms with Gasteiger partial charge in [-0.25, -0.2) is 9.97 Å². The second-order valence-corrected chi connectivity index (χ2v) is 9.84. The van der Waals surface area contributed by atoms with Gasteiger partial charge in [0.25, 0.3) is 0 Å². The first kappa shape index (κ1) is 19.9. The molecular formula is C28H15Br2N3O. The van der Waals surface area contributed by atoms with E-state index in [1.54, 1.807) is 0 Å². The molecule has 1 aromatic heterocycles. The van der Waals surface area contributed by atoms with Crippen molar-refractivity contribution in [2.45, 2.75) is 0 Å². The Hall–Kier alpha value is -3.48. The number of anilines is 3. The van der Waals surface area contributed by atoms with Gasteiger partial charge in [-0.15, -0.1) is 0 Å². The molecule has 6 aromatic rings. The van der Waals surface area contributed by atoms with E-state index in [4.69, 9.17) is 14.7 Å². The van der Waals surface area contributed by atoms with Crippen LogP contribution in [0.3, 0.4) is 0 Å². The fourth-order valence-electron chi connectivity index (χ4n) is 4.65. The van der Waals surface area contributed by atoms with Crippen LogP contribution < -0.4 is 9.64 Å². The van der Waals surface area contributed by atoms with Crippen molar-refractivity contribution in [2.75, 3.05) is 4.90 Å². The Morgan fingerprint density at radius 2 is 1.12 bits per heavy atom. The number of halogens is 2. The minimum Gasteiger partial charge on any atom is -0.453 e. The third kappa shape index (κ3) is 2.89. The molecule has 0 saturated carbocycles. The zero-order chi connectivity index (χ0) is 22.8. The highest BCUT2D eigenvalue weighted by atomic mass is 79.9. The van der Waals surface area contributed by atoms with E-state index in [9.17, 15) is 0 Å². The van der Waals surface area contributed by atoms with Crippen LogP contribution in [0.1, 0.15) is 0 Å². The summed E-state index contributed by atoms with van der Waals surface area (Å²) >= 11 is 7.30. The minimum absolute atomic E-state index is 0.821. The molecule has 4 nitrogen and oxygen atoms in total. The standard InChI is InChI=1S/C28H15Br2N3O/c29-18-13-14-19(30)28-27(18)31-20-15-23(16-7-1-2-8-17(16)26(20)32-28)33-21-9-3-5-11-24(21)34-25-12-6-4-10-22(25)33/h1-15H. The maximum Gasteiger partial charge on any atom is 0.151 e. The first-order chi connectivity index (χ1) is 16.7. The second-order valence-electron chi connectivity index (χ2n) is 8.13. The van der Waals surface area contributed by atoms with Crippen LogP contribution in [0.4, 0.5) is 17.1 Å². The number of fused-ring (bicyclic) bond motifs is 6. The van der Waals surface area contributed by atoms with E-state index in [0.29, 0.717) is 0 Å². The van der Waals surface area contributed by atoms with E-state index < -0.39 is 0 Å². The monoisotopic (exact) mass is 567 g/mol. The summed E-state index contributed by atoms with van der Waals surface area (Å²) in [6.07, 6.45) is 0. The van der Waals surface area contributed by atoms with Gasteiger partial charge in [0, 0.05) is 19.7 Å². The first-order valence-electron chi connectivity index (χ1n) is 10.8. The summed E-state index contributed by atoms with van der Waals surface area (Å²) in [5, 5.41) is 2.15. The van der Waals surface area contributed by atoms with Crippen molar-refractivity contribution in [1.82, 2.24) is 9.97 Å². The SMILES string of the molecule is Brc1ccc(Br)c2nc3c(cc(N4c5ccccc5Oc5ccccc54)c4ccccc43)nc12. The maximum atomic E-state index is 6.23. The lowest BCUT2D eigenvalue weighted by molar-refractivity contribution is 0.477. The average Bonchev–Trinajstić information content (AvgIpc) is 2.88. The summed E-state index contributed by atoms with van der Waals surface area (Å²) in [6.45, 7) is 0. The highest BCUT2D eigenvalue weighted by molar-refractivity contribution is 9.11. The normalized spacial score (nSPS) is 12.6. The van der Waals surface area contributed by atoms with Crippen molar-refractivity contribution >= 4 is 81.8 Å². The van der Waals surface area contributed by atoms with Crippen LogP contribution in [0.25, 0.3) is 32.8 Å². The molecule has 0 amide bonds. The molecule has 2 heterocycles. The molecule has 0 saturated heterocycles. The summed E-state index contributed by atoms with van der Waals surface area (Å²) in [5.41, 5.74) is 6.38. The van der Waals surface area contributed by atoms with Gasteiger partial charge in [0.1, 0.15) is 11.0 Å². The summed E-state index contributed by atoms with van der Waals surface area (Å²) in [6, 6.07) is 30.7. The maximum absolute atomic E-state index is 6.23. The van der Waals surface area contributed by atoms with E-state index >= 15 is 0 Å². The molecule has 0 atom stereocenters. The second kappa shape index (κ2) is 7.52. The average molecular weight is 569 g/mol. The molecule has 162 valence electrons. The topological polar surface area (TPSA) is 38.2 Å². The third-order valence-electron chi connectivity index (χ3n) is 6.16. The Morgan fingerprint density at radius 1 is 0.559 bits per heavy atom. The Kier molecular flexibility index (Phi) is 4.41. The Bertz CT molecular complexity index is 1740. The molecule has 0 fully saturated rings. The van der Waals surface area contributed by atoms with E-state index in [1.807, 2.05) is 48.5 Å². The van der Waals surface area contributed by atoms with Crippen LogP contribution in [-0.2, 0) is 0 Å². The Morgan fingerprint density at radius 3 is 1.79 bits per heavy atom. The number of rotatable bonds is 1. The molecule has 6 heteroatoms. The molecule has 5 aromatic carbocycles. The predicted molar refractivity (Wildman–Crippen MR) is 145 cm³/mol. The first-order valence-corrected chi connectivity index (χ1v) is 12.4. The van der Waals surface area contributed by atoms with Gasteiger partial charge in [-0.3, -0.25) is 0 Å². The largest absolute Gasteiger partial charge is 0.453 e. The van der Waals surface area contributed by atoms with Crippen molar-refractivity contribution in [3.8, 4) is 11.5 Å². The molecule has 0 unspecified atom stereocenters. The van der Waals surface area contributed by atoms with E-state index in [2.05, 4.69) is 79.2 Å². The van der Waals surface area contributed by atoms with Gasteiger partial charge in [0.05, 0.1) is 28.1 Å². The fraction of sp³-hybridized carbons (Fsp3) is 0. The van der Waals surface area contributed by atoms with Gasteiger partial charge in [-0.05, 0) is 74.3 Å². The summed E-state index contributed by atoms with van der Waals surface area (Å²) in [4.78, 5) is 12.4. The van der Waals surface area contributed by atoms with Crippen LogP contribution in [-0.4, -0.2) is 9.97 Å². The van der Waals surface area contributed by atoms with E-state index in [1.165, 1.54) is 0 Å². The number of ether oxygens (including phenoxy) is 1. The van der Waals surface area contributed by atoms with Gasteiger partial charge in [0.2, 0.25) is 0 Å². The number of aromatic nitrogens is 2. The number of nitrogens with zero attached hydrogens (tertiary/aromatic N) is 3. The van der Waals surface area contributed by atoms with Gasteiger partial charge in [0.15, 0.2) is 11.5 Å². The Balaban J connectivity index is 1.62. The minimum atomic E-state index is 0.821. The van der Waals surface area contributed by atoms with Gasteiger partial charge >= 0.3 is 0 Å². The van der Waals surface area contributed by atoms with Gasteiger partial charge in [-0.2, -0.15) is 0 Å². The molecule has 1 aliphatic rings. The molecule has 1 aliphatic heterocycles. The smallest absolute Gasteiger partial charge is 0.151 e.